The Morgan fingerprint density at radius 2 is 1.79 bits per heavy atom. The van der Waals surface area contributed by atoms with Crippen molar-refractivity contribution in [2.45, 2.75) is 52.4 Å². The fraction of sp³-hybridized carbons (Fsp3) is 0.471. The second-order valence-electron chi connectivity index (χ2n) is 4.72. The Morgan fingerprint density at radius 3 is 2.26 bits per heavy atom. The van der Waals surface area contributed by atoms with Crippen molar-refractivity contribution in [3.63, 3.8) is 0 Å². The molecule has 0 aliphatic rings. The van der Waals surface area contributed by atoms with Crippen molar-refractivity contribution >= 4 is 0 Å². The van der Waals surface area contributed by atoms with E-state index < -0.39 is 0 Å². The smallest absolute Gasteiger partial charge is 0.0267 e. The van der Waals surface area contributed by atoms with Gasteiger partial charge in [0.15, 0.2) is 0 Å². The summed E-state index contributed by atoms with van der Waals surface area (Å²) in [5, 5.41) is 0. The van der Waals surface area contributed by atoms with E-state index in [1.165, 1.54) is 43.4 Å². The molecule has 0 aliphatic carbocycles. The number of nitrogens with zero attached hydrogens (tertiary/aromatic N) is 1. The third kappa shape index (κ3) is 7.45. The highest BCUT2D eigenvalue weighted by Crippen LogP contribution is 2.09. The lowest BCUT2D eigenvalue weighted by Gasteiger charge is -1.96. The number of rotatable bonds is 6. The molecule has 0 spiro atoms. The van der Waals surface area contributed by atoms with Crippen LogP contribution < -0.4 is 0 Å². The van der Waals surface area contributed by atoms with Crippen LogP contribution >= 0.6 is 0 Å². The fourth-order valence-electron chi connectivity index (χ4n) is 1.90. The molecule has 2 heteroatoms. The SMILES string of the molecule is CCCCCCc1cc(CC)c[nH]1.c1ccncc1. The molecule has 0 bridgehead atoms. The molecule has 1 N–H and O–H groups in total. The number of hydrogen-bond donors (Lipinski definition) is 1. The lowest BCUT2D eigenvalue weighted by Crippen LogP contribution is -1.84. The molecular formula is C17H26N2. The van der Waals surface area contributed by atoms with E-state index in [4.69, 9.17) is 0 Å². The van der Waals surface area contributed by atoms with Crippen molar-refractivity contribution in [2.75, 3.05) is 0 Å². The monoisotopic (exact) mass is 258 g/mol. The number of unbranched alkanes of at least 4 members (excludes halogenated alkanes) is 3. The van der Waals surface area contributed by atoms with Gasteiger partial charge in [0.1, 0.15) is 0 Å². The summed E-state index contributed by atoms with van der Waals surface area (Å²) in [7, 11) is 0. The summed E-state index contributed by atoms with van der Waals surface area (Å²) in [6, 6.07) is 8.01. The minimum absolute atomic E-state index is 1.14. The predicted octanol–water partition coefficient (Wildman–Crippen LogP) is 4.78. The van der Waals surface area contributed by atoms with E-state index in [0.29, 0.717) is 0 Å². The Balaban J connectivity index is 0.000000250. The van der Waals surface area contributed by atoms with E-state index >= 15 is 0 Å². The summed E-state index contributed by atoms with van der Waals surface area (Å²) < 4.78 is 0. The maximum atomic E-state index is 3.78. The van der Waals surface area contributed by atoms with Crippen LogP contribution in [-0.4, -0.2) is 9.97 Å². The van der Waals surface area contributed by atoms with E-state index in [1.54, 1.807) is 12.4 Å². The van der Waals surface area contributed by atoms with Crippen molar-refractivity contribution in [3.05, 3.63) is 54.1 Å². The largest absolute Gasteiger partial charge is 0.365 e. The molecule has 104 valence electrons. The predicted molar refractivity (Wildman–Crippen MR) is 82.3 cm³/mol. The molecule has 19 heavy (non-hydrogen) atoms. The highest BCUT2D eigenvalue weighted by Gasteiger charge is 1.96. The van der Waals surface area contributed by atoms with Gasteiger partial charge in [0, 0.05) is 24.3 Å². The van der Waals surface area contributed by atoms with Gasteiger partial charge in [-0.3, -0.25) is 4.98 Å². The highest BCUT2D eigenvalue weighted by atomic mass is 14.7. The molecule has 0 fully saturated rings. The summed E-state index contributed by atoms with van der Waals surface area (Å²) in [6.07, 6.45) is 13.4. The number of H-pyrrole nitrogens is 1. The molecule has 0 amide bonds. The third-order valence-electron chi connectivity index (χ3n) is 3.08. The van der Waals surface area contributed by atoms with E-state index in [1.807, 2.05) is 18.2 Å². The van der Waals surface area contributed by atoms with Gasteiger partial charge in [0.2, 0.25) is 0 Å². The number of nitrogens with one attached hydrogen (secondary N) is 1. The van der Waals surface area contributed by atoms with E-state index in [9.17, 15) is 0 Å². The first kappa shape index (κ1) is 15.5. The van der Waals surface area contributed by atoms with Crippen LogP contribution in [-0.2, 0) is 12.8 Å². The minimum atomic E-state index is 1.14. The van der Waals surface area contributed by atoms with Crippen molar-refractivity contribution in [1.29, 1.82) is 0 Å². The Kier molecular flexibility index (Phi) is 8.45. The number of pyridine rings is 1. The Bertz CT molecular complexity index is 380. The van der Waals surface area contributed by atoms with Crippen LogP contribution in [0, 0.1) is 0 Å². The second-order valence-corrected chi connectivity index (χ2v) is 4.72. The first-order valence-corrected chi connectivity index (χ1v) is 7.38. The molecule has 0 atom stereocenters. The van der Waals surface area contributed by atoms with Crippen LogP contribution in [0.2, 0.25) is 0 Å². The normalized spacial score (nSPS) is 9.79. The summed E-state index contributed by atoms with van der Waals surface area (Å²) >= 11 is 0. The standard InChI is InChI=1S/C12H21N.C5H5N/c1-3-5-6-7-8-12-9-11(4-2)10-13-12;1-2-4-6-5-3-1/h9-10,13H,3-8H2,1-2H3;1-5H. The van der Waals surface area contributed by atoms with Gasteiger partial charge in [-0.05, 0) is 43.0 Å². The Hall–Kier alpha value is -1.57. The topological polar surface area (TPSA) is 28.7 Å². The van der Waals surface area contributed by atoms with Crippen LogP contribution in [0.25, 0.3) is 0 Å². The number of aryl methyl sites for hydroxylation is 2. The van der Waals surface area contributed by atoms with Gasteiger partial charge in [-0.25, -0.2) is 0 Å². The van der Waals surface area contributed by atoms with E-state index in [2.05, 4.69) is 36.1 Å². The molecule has 2 aromatic heterocycles. The van der Waals surface area contributed by atoms with Gasteiger partial charge in [-0.2, -0.15) is 0 Å². The van der Waals surface area contributed by atoms with Gasteiger partial charge in [-0.1, -0.05) is 39.2 Å². The molecule has 0 saturated heterocycles. The molecule has 0 saturated carbocycles. The van der Waals surface area contributed by atoms with Crippen LogP contribution in [0.5, 0.6) is 0 Å². The zero-order chi connectivity index (χ0) is 13.8. The van der Waals surface area contributed by atoms with Crippen molar-refractivity contribution in [1.82, 2.24) is 9.97 Å². The molecule has 2 aromatic rings. The van der Waals surface area contributed by atoms with Gasteiger partial charge in [0.05, 0.1) is 0 Å². The molecule has 0 aliphatic heterocycles. The average Bonchev–Trinajstić information content (AvgIpc) is 2.94. The maximum Gasteiger partial charge on any atom is 0.0267 e. The van der Waals surface area contributed by atoms with Gasteiger partial charge >= 0.3 is 0 Å². The third-order valence-corrected chi connectivity index (χ3v) is 3.08. The van der Waals surface area contributed by atoms with Crippen LogP contribution in [0.3, 0.4) is 0 Å². The van der Waals surface area contributed by atoms with Crippen molar-refractivity contribution in [2.24, 2.45) is 0 Å². The number of aromatic amines is 1. The van der Waals surface area contributed by atoms with Crippen molar-refractivity contribution < 1.29 is 0 Å². The molecule has 2 nitrogen and oxygen atoms in total. The summed E-state index contributed by atoms with van der Waals surface area (Å²) in [4.78, 5) is 7.12. The molecule has 0 radical (unpaired) electrons. The van der Waals surface area contributed by atoms with E-state index in [0.717, 1.165) is 6.42 Å². The maximum absolute atomic E-state index is 3.78. The zero-order valence-corrected chi connectivity index (χ0v) is 12.2. The first-order valence-electron chi connectivity index (χ1n) is 7.38. The van der Waals surface area contributed by atoms with Crippen LogP contribution in [0.15, 0.2) is 42.9 Å². The molecule has 2 heterocycles. The molecular weight excluding hydrogens is 232 g/mol. The molecule has 2 rings (SSSR count). The van der Waals surface area contributed by atoms with Crippen LogP contribution in [0.4, 0.5) is 0 Å². The highest BCUT2D eigenvalue weighted by molar-refractivity contribution is 5.16. The van der Waals surface area contributed by atoms with Gasteiger partial charge in [-0.15, -0.1) is 0 Å². The lowest BCUT2D eigenvalue weighted by molar-refractivity contribution is 0.662. The van der Waals surface area contributed by atoms with Crippen molar-refractivity contribution in [3.8, 4) is 0 Å². The molecule has 0 unspecified atom stereocenters. The zero-order valence-electron chi connectivity index (χ0n) is 12.2. The van der Waals surface area contributed by atoms with Gasteiger partial charge < -0.3 is 4.98 Å². The average molecular weight is 258 g/mol. The van der Waals surface area contributed by atoms with E-state index in [-0.39, 0.29) is 0 Å². The Morgan fingerprint density at radius 1 is 1.00 bits per heavy atom. The summed E-state index contributed by atoms with van der Waals surface area (Å²) in [5.41, 5.74) is 2.85. The minimum Gasteiger partial charge on any atom is -0.365 e. The van der Waals surface area contributed by atoms with Gasteiger partial charge in [0.25, 0.3) is 0 Å². The second kappa shape index (κ2) is 10.4. The number of hydrogen-bond acceptors (Lipinski definition) is 1. The quantitative estimate of drug-likeness (QED) is 0.742. The number of aromatic nitrogens is 2. The Labute approximate surface area is 117 Å². The fourth-order valence-corrected chi connectivity index (χ4v) is 1.90. The lowest BCUT2D eigenvalue weighted by atomic mass is 10.1. The summed E-state index contributed by atoms with van der Waals surface area (Å²) in [6.45, 7) is 4.45. The van der Waals surface area contributed by atoms with Crippen LogP contribution in [0.1, 0.15) is 50.8 Å². The molecule has 0 aromatic carbocycles. The summed E-state index contributed by atoms with van der Waals surface area (Å²) in [5.74, 6) is 0. The first-order chi connectivity index (χ1) is 9.36.